The minimum atomic E-state index is -0.662. The van der Waals surface area contributed by atoms with E-state index in [2.05, 4.69) is 17.8 Å². The molecule has 4 rings (SSSR count). The number of allylic oxidation sites excluding steroid dienone is 2. The molecule has 1 atom stereocenters. The summed E-state index contributed by atoms with van der Waals surface area (Å²) in [7, 11) is 0. The number of hydrogen-bond acceptors (Lipinski definition) is 5. The second-order valence-electron chi connectivity index (χ2n) is 8.03. The number of nitrogens with two attached hydrogens (primary N) is 1. The number of carbonyl (C=O) groups is 1. The maximum atomic E-state index is 12.3. The monoisotopic (exact) mass is 343 g/mol. The molecule has 6 heteroatoms. The van der Waals surface area contributed by atoms with Crippen molar-refractivity contribution in [3.8, 4) is 0 Å². The van der Waals surface area contributed by atoms with Crippen molar-refractivity contribution >= 4 is 12.1 Å². The maximum absolute atomic E-state index is 12.3. The number of rotatable bonds is 4. The van der Waals surface area contributed by atoms with Gasteiger partial charge in [-0.05, 0) is 31.3 Å². The Hall–Kier alpha value is -1.82. The number of dihydropyridines is 1. The maximum Gasteiger partial charge on any atom is 0.222 e. The van der Waals surface area contributed by atoms with Crippen LogP contribution in [0.25, 0.3) is 0 Å². The Morgan fingerprint density at radius 2 is 2.08 bits per heavy atom. The lowest BCUT2D eigenvalue weighted by molar-refractivity contribution is -0.137. The van der Waals surface area contributed by atoms with Gasteiger partial charge in [0, 0.05) is 42.9 Å². The number of aliphatic imine (C=N–C) groups is 1. The summed E-state index contributed by atoms with van der Waals surface area (Å²) in [4.78, 5) is 19.0. The molecular formula is C19H29N5O. The molecule has 3 aliphatic heterocycles. The van der Waals surface area contributed by atoms with Crippen LogP contribution in [-0.4, -0.2) is 35.8 Å². The SMILES string of the molecule is CC1CN(C(=O)CCC2=C3C(=CC=NC3(N)C3CCCCC3)NN2)C1. The van der Waals surface area contributed by atoms with Gasteiger partial charge in [-0.3, -0.25) is 9.79 Å². The number of nitrogens with zero attached hydrogens (tertiary/aromatic N) is 2. The van der Waals surface area contributed by atoms with Crippen LogP contribution in [0.2, 0.25) is 0 Å². The smallest absolute Gasteiger partial charge is 0.222 e. The Morgan fingerprint density at radius 3 is 2.80 bits per heavy atom. The van der Waals surface area contributed by atoms with Gasteiger partial charge in [0.2, 0.25) is 5.91 Å². The summed E-state index contributed by atoms with van der Waals surface area (Å²) in [6, 6.07) is 0. The van der Waals surface area contributed by atoms with E-state index >= 15 is 0 Å². The van der Waals surface area contributed by atoms with E-state index in [4.69, 9.17) is 10.7 Å². The summed E-state index contributed by atoms with van der Waals surface area (Å²) in [5, 5.41) is 0. The Balaban J connectivity index is 1.51. The van der Waals surface area contributed by atoms with Crippen molar-refractivity contribution in [3.05, 3.63) is 23.0 Å². The van der Waals surface area contributed by atoms with Gasteiger partial charge in [-0.15, -0.1) is 0 Å². The van der Waals surface area contributed by atoms with Crippen molar-refractivity contribution in [3.63, 3.8) is 0 Å². The molecule has 2 fully saturated rings. The summed E-state index contributed by atoms with van der Waals surface area (Å²) >= 11 is 0. The molecule has 0 aromatic rings. The van der Waals surface area contributed by atoms with Crippen LogP contribution < -0.4 is 16.6 Å². The number of fused-ring (bicyclic) bond motifs is 1. The van der Waals surface area contributed by atoms with Crippen molar-refractivity contribution in [2.45, 2.75) is 57.5 Å². The summed E-state index contributed by atoms with van der Waals surface area (Å²) in [5.74, 6) is 1.26. The second kappa shape index (κ2) is 6.48. The molecular weight excluding hydrogens is 314 g/mol. The molecule has 1 unspecified atom stereocenters. The highest BCUT2D eigenvalue weighted by atomic mass is 16.2. The number of hydrazine groups is 1. The summed E-state index contributed by atoms with van der Waals surface area (Å²) in [5.41, 5.74) is 15.8. The van der Waals surface area contributed by atoms with Crippen molar-refractivity contribution in [2.75, 3.05) is 13.1 Å². The van der Waals surface area contributed by atoms with E-state index in [-0.39, 0.29) is 5.91 Å². The topological polar surface area (TPSA) is 82.8 Å². The average Bonchev–Trinajstić information content (AvgIpc) is 3.02. The first-order chi connectivity index (χ1) is 12.1. The summed E-state index contributed by atoms with van der Waals surface area (Å²) in [6.07, 6.45) is 11.0. The van der Waals surface area contributed by atoms with E-state index in [9.17, 15) is 4.79 Å². The molecule has 1 saturated heterocycles. The molecule has 4 N–H and O–H groups in total. The van der Waals surface area contributed by atoms with Gasteiger partial charge in [0.05, 0.1) is 5.70 Å². The molecule has 1 saturated carbocycles. The Labute approximate surface area is 149 Å². The zero-order chi connectivity index (χ0) is 17.4. The van der Waals surface area contributed by atoms with E-state index in [0.29, 0.717) is 24.7 Å². The van der Waals surface area contributed by atoms with Crippen LogP contribution in [-0.2, 0) is 4.79 Å². The van der Waals surface area contributed by atoms with Crippen molar-refractivity contribution in [1.29, 1.82) is 0 Å². The molecule has 1 amide bonds. The largest absolute Gasteiger partial charge is 0.342 e. The van der Waals surface area contributed by atoms with Crippen molar-refractivity contribution in [2.24, 2.45) is 22.6 Å². The molecule has 0 spiro atoms. The molecule has 0 radical (unpaired) electrons. The first-order valence-corrected chi connectivity index (χ1v) is 9.66. The van der Waals surface area contributed by atoms with E-state index < -0.39 is 5.66 Å². The Bertz CT molecular complexity index is 640. The molecule has 0 aromatic carbocycles. The molecule has 6 nitrogen and oxygen atoms in total. The quantitative estimate of drug-likeness (QED) is 0.727. The first kappa shape index (κ1) is 16.6. The fourth-order valence-electron chi connectivity index (χ4n) is 4.64. The minimum absolute atomic E-state index is 0.241. The lowest BCUT2D eigenvalue weighted by atomic mass is 9.75. The highest BCUT2D eigenvalue weighted by molar-refractivity contribution is 5.79. The predicted octanol–water partition coefficient (Wildman–Crippen LogP) is 1.81. The summed E-state index contributed by atoms with van der Waals surface area (Å²) < 4.78 is 0. The highest BCUT2D eigenvalue weighted by Crippen LogP contribution is 2.42. The number of amides is 1. The highest BCUT2D eigenvalue weighted by Gasteiger charge is 2.44. The number of nitrogens with one attached hydrogen (secondary N) is 2. The number of carbonyl (C=O) groups excluding carboxylic acids is 1. The van der Waals surface area contributed by atoms with Gasteiger partial charge in [-0.1, -0.05) is 26.2 Å². The third-order valence-corrected chi connectivity index (χ3v) is 6.08. The standard InChI is InChI=1S/C19H29N5O/c1-13-11-24(12-13)17(25)8-7-15-18-16(23-22-15)9-10-21-19(18,20)14-5-3-2-4-6-14/h9-10,13-14,22-23H,2-8,11-12,20H2,1H3. The molecule has 25 heavy (non-hydrogen) atoms. The van der Waals surface area contributed by atoms with Crippen LogP contribution in [0.5, 0.6) is 0 Å². The van der Waals surface area contributed by atoms with Gasteiger partial charge >= 0.3 is 0 Å². The Kier molecular flexibility index (Phi) is 4.31. The van der Waals surface area contributed by atoms with Gasteiger partial charge in [0.1, 0.15) is 5.66 Å². The van der Waals surface area contributed by atoms with Crippen LogP contribution in [0, 0.1) is 11.8 Å². The fraction of sp³-hybridized carbons (Fsp3) is 0.684. The predicted molar refractivity (Wildman–Crippen MR) is 98.3 cm³/mol. The molecule has 0 aromatic heterocycles. The lowest BCUT2D eigenvalue weighted by Gasteiger charge is -2.39. The number of likely N-dealkylation sites (tertiary alicyclic amines) is 1. The van der Waals surface area contributed by atoms with Crippen molar-refractivity contribution in [1.82, 2.24) is 15.8 Å². The van der Waals surface area contributed by atoms with Gasteiger partial charge in [0.15, 0.2) is 0 Å². The van der Waals surface area contributed by atoms with Crippen LogP contribution in [0.3, 0.4) is 0 Å². The third kappa shape index (κ3) is 2.97. The molecule has 4 aliphatic rings. The molecule has 0 bridgehead atoms. The number of hydrogen-bond donors (Lipinski definition) is 3. The zero-order valence-corrected chi connectivity index (χ0v) is 15.1. The lowest BCUT2D eigenvalue weighted by Crippen LogP contribution is -2.50. The minimum Gasteiger partial charge on any atom is -0.342 e. The van der Waals surface area contributed by atoms with Gasteiger partial charge < -0.3 is 21.5 Å². The van der Waals surface area contributed by atoms with E-state index in [1.807, 2.05) is 17.2 Å². The van der Waals surface area contributed by atoms with Gasteiger partial charge in [0.25, 0.3) is 0 Å². The third-order valence-electron chi connectivity index (χ3n) is 6.08. The van der Waals surface area contributed by atoms with Gasteiger partial charge in [-0.25, -0.2) is 0 Å². The molecule has 136 valence electrons. The zero-order valence-electron chi connectivity index (χ0n) is 15.1. The first-order valence-electron chi connectivity index (χ1n) is 9.66. The normalized spacial score (nSPS) is 29.7. The molecule has 3 heterocycles. The van der Waals surface area contributed by atoms with Crippen LogP contribution in [0.4, 0.5) is 0 Å². The van der Waals surface area contributed by atoms with E-state index in [1.54, 1.807) is 0 Å². The summed E-state index contributed by atoms with van der Waals surface area (Å²) in [6.45, 7) is 3.98. The average molecular weight is 343 g/mol. The fourth-order valence-corrected chi connectivity index (χ4v) is 4.64. The van der Waals surface area contributed by atoms with Crippen LogP contribution in [0.1, 0.15) is 51.9 Å². The van der Waals surface area contributed by atoms with Crippen LogP contribution >= 0.6 is 0 Å². The van der Waals surface area contributed by atoms with Crippen molar-refractivity contribution < 1.29 is 4.79 Å². The second-order valence-corrected chi connectivity index (χ2v) is 8.03. The van der Waals surface area contributed by atoms with Crippen LogP contribution in [0.15, 0.2) is 28.0 Å². The Morgan fingerprint density at radius 1 is 1.32 bits per heavy atom. The van der Waals surface area contributed by atoms with Gasteiger partial charge in [-0.2, -0.15) is 0 Å². The molecule has 1 aliphatic carbocycles. The van der Waals surface area contributed by atoms with E-state index in [0.717, 1.165) is 42.9 Å². The van der Waals surface area contributed by atoms with E-state index in [1.165, 1.54) is 19.3 Å².